The van der Waals surface area contributed by atoms with Crippen molar-refractivity contribution in [2.24, 2.45) is 5.10 Å². The molecule has 0 saturated carbocycles. The Balaban J connectivity index is 1.50. The maximum Gasteiger partial charge on any atom is 0.343 e. The Morgan fingerprint density at radius 1 is 0.935 bits per heavy atom. The number of amides is 2. The number of anilines is 1. The molecule has 0 aliphatic heterocycles. The van der Waals surface area contributed by atoms with Gasteiger partial charge in [-0.05, 0) is 72.3 Å². The number of halogens is 2. The lowest BCUT2D eigenvalue weighted by molar-refractivity contribution is -0.136. The lowest BCUT2D eigenvalue weighted by Crippen LogP contribution is -2.32. The summed E-state index contributed by atoms with van der Waals surface area (Å²) in [5, 5.41) is 6.69. The van der Waals surface area contributed by atoms with Gasteiger partial charge in [0.1, 0.15) is 5.75 Å². The van der Waals surface area contributed by atoms with Crippen LogP contribution in [-0.2, 0) is 9.59 Å². The number of benzene rings is 3. The number of hydrazone groups is 1. The van der Waals surface area contributed by atoms with E-state index in [2.05, 4.69) is 31.8 Å². The predicted molar refractivity (Wildman–Crippen MR) is 121 cm³/mol. The average molecular weight is 501 g/mol. The summed E-state index contributed by atoms with van der Waals surface area (Å²) in [6.07, 6.45) is 1.35. The second kappa shape index (κ2) is 10.5. The van der Waals surface area contributed by atoms with Crippen LogP contribution in [0.3, 0.4) is 0 Å². The Bertz CT molecular complexity index is 1130. The van der Waals surface area contributed by atoms with Gasteiger partial charge in [0.15, 0.2) is 0 Å². The summed E-state index contributed by atoms with van der Waals surface area (Å²) in [6, 6.07) is 19.7. The van der Waals surface area contributed by atoms with Crippen molar-refractivity contribution < 1.29 is 19.1 Å². The summed E-state index contributed by atoms with van der Waals surface area (Å²) in [7, 11) is 0. The number of ether oxygens (including phenoxy) is 1. The van der Waals surface area contributed by atoms with Crippen LogP contribution in [0.15, 0.2) is 82.4 Å². The zero-order chi connectivity index (χ0) is 22.2. The van der Waals surface area contributed by atoms with Gasteiger partial charge in [0.05, 0.1) is 11.8 Å². The minimum Gasteiger partial charge on any atom is -0.423 e. The molecule has 3 rings (SSSR count). The number of carbonyl (C=O) groups excluding carboxylic acids is 3. The molecule has 31 heavy (non-hydrogen) atoms. The molecular weight excluding hydrogens is 486 g/mol. The second-order valence-electron chi connectivity index (χ2n) is 6.13. The number of nitrogens with zero attached hydrogens (tertiary/aromatic N) is 1. The van der Waals surface area contributed by atoms with Gasteiger partial charge in [-0.2, -0.15) is 5.10 Å². The molecule has 0 radical (unpaired) electrons. The van der Waals surface area contributed by atoms with Crippen molar-refractivity contribution in [2.45, 2.75) is 0 Å². The van der Waals surface area contributed by atoms with Crippen molar-refractivity contribution in [3.63, 3.8) is 0 Å². The van der Waals surface area contributed by atoms with E-state index in [9.17, 15) is 14.4 Å². The van der Waals surface area contributed by atoms with Crippen LogP contribution in [-0.4, -0.2) is 24.0 Å². The third-order valence-electron chi connectivity index (χ3n) is 3.84. The van der Waals surface area contributed by atoms with Crippen molar-refractivity contribution in [3.8, 4) is 5.75 Å². The summed E-state index contributed by atoms with van der Waals surface area (Å²) in [6.45, 7) is 0. The predicted octanol–water partition coefficient (Wildman–Crippen LogP) is 4.41. The molecule has 0 spiro atoms. The second-order valence-corrected chi connectivity index (χ2v) is 7.48. The highest BCUT2D eigenvalue weighted by molar-refractivity contribution is 9.10. The number of esters is 1. The first-order chi connectivity index (χ1) is 14.9. The van der Waals surface area contributed by atoms with E-state index in [0.717, 1.165) is 4.47 Å². The highest BCUT2D eigenvalue weighted by Crippen LogP contribution is 2.16. The van der Waals surface area contributed by atoms with Gasteiger partial charge in [0.2, 0.25) is 0 Å². The van der Waals surface area contributed by atoms with Crippen LogP contribution in [0.5, 0.6) is 5.75 Å². The molecule has 7 nitrogen and oxygen atoms in total. The highest BCUT2D eigenvalue weighted by atomic mass is 79.9. The molecule has 0 unspecified atom stereocenters. The van der Waals surface area contributed by atoms with Crippen LogP contribution in [0.4, 0.5) is 5.69 Å². The topological polar surface area (TPSA) is 96.9 Å². The smallest absolute Gasteiger partial charge is 0.343 e. The summed E-state index contributed by atoms with van der Waals surface area (Å²) < 4.78 is 6.09. The Morgan fingerprint density at radius 3 is 2.32 bits per heavy atom. The van der Waals surface area contributed by atoms with E-state index in [1.54, 1.807) is 66.7 Å². The van der Waals surface area contributed by atoms with Crippen LogP contribution < -0.4 is 15.5 Å². The zero-order valence-corrected chi connectivity index (χ0v) is 18.2. The molecule has 2 amide bonds. The maximum absolute atomic E-state index is 12.1. The van der Waals surface area contributed by atoms with Gasteiger partial charge >= 0.3 is 17.8 Å². The van der Waals surface area contributed by atoms with Crippen molar-refractivity contribution in [2.75, 3.05) is 5.32 Å². The lowest BCUT2D eigenvalue weighted by atomic mass is 10.2. The third-order valence-corrected chi connectivity index (χ3v) is 4.58. The van der Waals surface area contributed by atoms with Crippen LogP contribution in [0.2, 0.25) is 5.02 Å². The molecule has 0 aliphatic rings. The normalized spacial score (nSPS) is 10.5. The standard InChI is InChI=1S/C22H15BrClN3O4/c23-16-3-1-2-15(12-16)22(30)31-19-10-4-14(5-11-19)13-25-27-21(29)20(28)26-18-8-6-17(24)7-9-18/h1-13H,(H,26,28)(H,27,29)/b25-13+. The van der Waals surface area contributed by atoms with Crippen molar-refractivity contribution in [3.05, 3.63) is 93.4 Å². The molecule has 3 aromatic rings. The van der Waals surface area contributed by atoms with Gasteiger partial charge in [-0.15, -0.1) is 0 Å². The monoisotopic (exact) mass is 499 g/mol. The first-order valence-corrected chi connectivity index (χ1v) is 10.1. The molecule has 0 saturated heterocycles. The quantitative estimate of drug-likeness (QED) is 0.178. The summed E-state index contributed by atoms with van der Waals surface area (Å²) in [4.78, 5) is 35.8. The summed E-state index contributed by atoms with van der Waals surface area (Å²) in [5.41, 5.74) is 3.61. The molecule has 2 N–H and O–H groups in total. The fraction of sp³-hybridized carbons (Fsp3) is 0. The largest absolute Gasteiger partial charge is 0.423 e. The molecule has 0 bridgehead atoms. The average Bonchev–Trinajstić information content (AvgIpc) is 2.76. The Morgan fingerprint density at radius 2 is 1.65 bits per heavy atom. The minimum atomic E-state index is -0.925. The van der Waals surface area contributed by atoms with Crippen molar-refractivity contribution in [1.82, 2.24) is 5.43 Å². The van der Waals surface area contributed by atoms with E-state index in [0.29, 0.717) is 27.6 Å². The van der Waals surface area contributed by atoms with Gasteiger partial charge in [0, 0.05) is 15.2 Å². The van der Waals surface area contributed by atoms with Crippen LogP contribution >= 0.6 is 27.5 Å². The Kier molecular flexibility index (Phi) is 7.53. The SMILES string of the molecule is O=C(N/N=C/c1ccc(OC(=O)c2cccc(Br)c2)cc1)C(=O)Nc1ccc(Cl)cc1. The van der Waals surface area contributed by atoms with Gasteiger partial charge < -0.3 is 10.1 Å². The molecule has 0 fully saturated rings. The fourth-order valence-corrected chi connectivity index (χ4v) is 2.87. The maximum atomic E-state index is 12.1. The molecule has 156 valence electrons. The lowest BCUT2D eigenvalue weighted by Gasteiger charge is -2.05. The molecule has 9 heteroatoms. The number of carbonyl (C=O) groups is 3. The first-order valence-electron chi connectivity index (χ1n) is 8.88. The van der Waals surface area contributed by atoms with Gasteiger partial charge in [0.25, 0.3) is 0 Å². The van der Waals surface area contributed by atoms with E-state index in [-0.39, 0.29) is 0 Å². The fourth-order valence-electron chi connectivity index (χ4n) is 2.34. The number of hydrogen-bond donors (Lipinski definition) is 2. The van der Waals surface area contributed by atoms with Crippen LogP contribution in [0.1, 0.15) is 15.9 Å². The summed E-state index contributed by atoms with van der Waals surface area (Å²) in [5.74, 6) is -1.92. The molecule has 0 aromatic heterocycles. The minimum absolute atomic E-state index is 0.355. The Labute approximate surface area is 191 Å². The van der Waals surface area contributed by atoms with E-state index >= 15 is 0 Å². The van der Waals surface area contributed by atoms with Gasteiger partial charge in [-0.3, -0.25) is 9.59 Å². The number of hydrogen-bond acceptors (Lipinski definition) is 5. The van der Waals surface area contributed by atoms with Gasteiger partial charge in [-0.25, -0.2) is 10.2 Å². The summed E-state index contributed by atoms with van der Waals surface area (Å²) >= 11 is 9.07. The van der Waals surface area contributed by atoms with Crippen LogP contribution in [0, 0.1) is 0 Å². The van der Waals surface area contributed by atoms with Crippen molar-refractivity contribution in [1.29, 1.82) is 0 Å². The third kappa shape index (κ3) is 6.77. The zero-order valence-electron chi connectivity index (χ0n) is 15.8. The Hall–Kier alpha value is -3.49. The highest BCUT2D eigenvalue weighted by Gasteiger charge is 2.13. The molecule has 3 aromatic carbocycles. The van der Waals surface area contributed by atoms with E-state index in [4.69, 9.17) is 16.3 Å². The van der Waals surface area contributed by atoms with E-state index in [1.165, 1.54) is 6.21 Å². The van der Waals surface area contributed by atoms with Gasteiger partial charge in [-0.1, -0.05) is 33.6 Å². The first kappa shape index (κ1) is 22.2. The molecule has 0 atom stereocenters. The molecular formula is C22H15BrClN3O4. The molecule has 0 heterocycles. The van der Waals surface area contributed by atoms with E-state index < -0.39 is 17.8 Å². The van der Waals surface area contributed by atoms with E-state index in [1.807, 2.05) is 6.07 Å². The molecule has 0 aliphatic carbocycles. The van der Waals surface area contributed by atoms with Crippen LogP contribution in [0.25, 0.3) is 0 Å². The number of rotatable bonds is 5. The van der Waals surface area contributed by atoms with Crippen molar-refractivity contribution >= 4 is 57.2 Å². The number of nitrogens with one attached hydrogen (secondary N) is 2.